The average Bonchev–Trinajstić information content (AvgIpc) is 3.55. The normalized spacial score (nSPS) is 17.1. The van der Waals surface area contributed by atoms with E-state index in [0.717, 1.165) is 19.3 Å². The number of rotatable bonds is 8. The van der Waals surface area contributed by atoms with Gasteiger partial charge in [-0.2, -0.15) is 0 Å². The SMILES string of the molecule is CCC1Oc2cc(OCCCOC)c(Cl)cc2-c2c1cc(C(=O)O)c(=O)n2C1CC1. The van der Waals surface area contributed by atoms with E-state index in [1.165, 1.54) is 6.07 Å². The summed E-state index contributed by atoms with van der Waals surface area (Å²) < 4.78 is 18.6. The van der Waals surface area contributed by atoms with Gasteiger partial charge in [0, 0.05) is 43.4 Å². The Bertz CT molecular complexity index is 1040. The van der Waals surface area contributed by atoms with Crippen LogP contribution in [0.25, 0.3) is 11.3 Å². The topological polar surface area (TPSA) is 87.0 Å². The third-order valence-electron chi connectivity index (χ3n) is 5.43. The molecule has 30 heavy (non-hydrogen) atoms. The van der Waals surface area contributed by atoms with Gasteiger partial charge < -0.3 is 23.9 Å². The molecule has 1 saturated carbocycles. The third-order valence-corrected chi connectivity index (χ3v) is 5.73. The number of carboxylic acid groups (broad SMARTS) is 1. The summed E-state index contributed by atoms with van der Waals surface area (Å²) in [5, 5.41) is 9.96. The lowest BCUT2D eigenvalue weighted by Gasteiger charge is -2.31. The molecule has 4 rings (SSSR count). The minimum Gasteiger partial charge on any atom is -0.492 e. The molecule has 1 aliphatic heterocycles. The molecule has 1 unspecified atom stereocenters. The van der Waals surface area contributed by atoms with Gasteiger partial charge in [0.25, 0.3) is 5.56 Å². The summed E-state index contributed by atoms with van der Waals surface area (Å²) in [6, 6.07) is 4.95. The fourth-order valence-corrected chi connectivity index (χ4v) is 4.07. The first-order valence-electron chi connectivity index (χ1n) is 10.1. The molecule has 1 N–H and O–H groups in total. The van der Waals surface area contributed by atoms with Gasteiger partial charge in [0.1, 0.15) is 23.2 Å². The molecule has 1 aromatic heterocycles. The summed E-state index contributed by atoms with van der Waals surface area (Å²) in [5.41, 5.74) is 1.38. The first-order valence-corrected chi connectivity index (χ1v) is 10.5. The van der Waals surface area contributed by atoms with Gasteiger partial charge in [-0.25, -0.2) is 4.79 Å². The molecule has 0 amide bonds. The van der Waals surface area contributed by atoms with Crippen LogP contribution in [0.3, 0.4) is 0 Å². The molecule has 1 aromatic carbocycles. The minimum atomic E-state index is -1.23. The number of halogens is 1. The molecule has 2 heterocycles. The Morgan fingerprint density at radius 1 is 1.30 bits per heavy atom. The Labute approximate surface area is 179 Å². The molecule has 0 saturated heterocycles. The molecular weight excluding hydrogens is 410 g/mol. The van der Waals surface area contributed by atoms with Crippen LogP contribution in [0.1, 0.15) is 60.7 Å². The fourth-order valence-electron chi connectivity index (χ4n) is 3.85. The van der Waals surface area contributed by atoms with E-state index in [1.807, 2.05) is 6.92 Å². The molecule has 2 aromatic rings. The lowest BCUT2D eigenvalue weighted by atomic mass is 9.94. The molecule has 160 valence electrons. The molecule has 0 bridgehead atoms. The van der Waals surface area contributed by atoms with Crippen LogP contribution in [-0.4, -0.2) is 36.0 Å². The van der Waals surface area contributed by atoms with Crippen LogP contribution in [0.2, 0.25) is 5.02 Å². The molecule has 0 spiro atoms. The average molecular weight is 434 g/mol. The predicted octanol–water partition coefficient (Wildman–Crippen LogP) is 4.46. The lowest BCUT2D eigenvalue weighted by molar-refractivity contribution is 0.0693. The molecular formula is C22H24ClNO6. The Morgan fingerprint density at radius 2 is 2.07 bits per heavy atom. The van der Waals surface area contributed by atoms with Crippen molar-refractivity contribution in [2.24, 2.45) is 0 Å². The zero-order valence-corrected chi connectivity index (χ0v) is 17.7. The number of pyridine rings is 1. The summed E-state index contributed by atoms with van der Waals surface area (Å²) in [6.45, 7) is 3.00. The summed E-state index contributed by atoms with van der Waals surface area (Å²) >= 11 is 6.49. The number of aromatic carboxylic acids is 1. The standard InChI is InChI=1S/C22H24ClNO6/c1-3-17-13-9-15(22(26)27)21(25)24(12-5-6-12)20(13)14-10-16(23)19(11-18(14)30-17)29-8-4-7-28-2/h9-12,17H,3-8H2,1-2H3,(H,26,27). The van der Waals surface area contributed by atoms with E-state index < -0.39 is 11.5 Å². The second kappa shape index (κ2) is 8.32. The first-order chi connectivity index (χ1) is 14.5. The van der Waals surface area contributed by atoms with Crippen molar-refractivity contribution in [1.82, 2.24) is 4.57 Å². The quantitative estimate of drug-likeness (QED) is 0.618. The number of carbonyl (C=O) groups is 1. The van der Waals surface area contributed by atoms with Crippen LogP contribution >= 0.6 is 11.6 Å². The van der Waals surface area contributed by atoms with Crippen LogP contribution in [0.5, 0.6) is 11.5 Å². The van der Waals surface area contributed by atoms with Crippen molar-refractivity contribution in [1.29, 1.82) is 0 Å². The van der Waals surface area contributed by atoms with Gasteiger partial charge in [-0.3, -0.25) is 4.79 Å². The maximum Gasteiger partial charge on any atom is 0.341 e. The van der Waals surface area contributed by atoms with Crippen molar-refractivity contribution >= 4 is 17.6 Å². The highest BCUT2D eigenvalue weighted by Crippen LogP contribution is 2.49. The third kappa shape index (κ3) is 3.68. The monoisotopic (exact) mass is 433 g/mol. The Balaban J connectivity index is 1.85. The highest BCUT2D eigenvalue weighted by molar-refractivity contribution is 6.32. The highest BCUT2D eigenvalue weighted by atomic mass is 35.5. The highest BCUT2D eigenvalue weighted by Gasteiger charge is 2.36. The number of hydrogen-bond donors (Lipinski definition) is 1. The number of ether oxygens (including phenoxy) is 3. The van der Waals surface area contributed by atoms with E-state index >= 15 is 0 Å². The van der Waals surface area contributed by atoms with Gasteiger partial charge in [-0.15, -0.1) is 0 Å². The van der Waals surface area contributed by atoms with Crippen molar-refractivity contribution < 1.29 is 24.1 Å². The second-order valence-electron chi connectivity index (χ2n) is 7.56. The summed E-state index contributed by atoms with van der Waals surface area (Å²) in [6.07, 6.45) is 2.68. The van der Waals surface area contributed by atoms with E-state index in [2.05, 4.69) is 0 Å². The maximum atomic E-state index is 13.0. The van der Waals surface area contributed by atoms with E-state index in [0.29, 0.717) is 53.0 Å². The van der Waals surface area contributed by atoms with Crippen molar-refractivity contribution in [2.45, 2.75) is 44.8 Å². The van der Waals surface area contributed by atoms with E-state index in [1.54, 1.807) is 23.8 Å². The number of fused-ring (bicyclic) bond motifs is 3. The van der Waals surface area contributed by atoms with E-state index in [9.17, 15) is 14.7 Å². The minimum absolute atomic E-state index is 0.00208. The largest absolute Gasteiger partial charge is 0.492 e. The molecule has 7 nitrogen and oxygen atoms in total. The van der Waals surface area contributed by atoms with E-state index in [4.69, 9.17) is 25.8 Å². The van der Waals surface area contributed by atoms with Crippen molar-refractivity contribution in [3.63, 3.8) is 0 Å². The Kier molecular flexibility index (Phi) is 5.75. The molecule has 1 fully saturated rings. The summed E-state index contributed by atoms with van der Waals surface area (Å²) in [7, 11) is 1.64. The maximum absolute atomic E-state index is 13.0. The molecule has 0 radical (unpaired) electrons. The van der Waals surface area contributed by atoms with Crippen molar-refractivity contribution in [3.05, 3.63) is 44.7 Å². The van der Waals surface area contributed by atoms with E-state index in [-0.39, 0.29) is 17.7 Å². The molecule has 8 heteroatoms. The summed E-state index contributed by atoms with van der Waals surface area (Å²) in [4.78, 5) is 24.7. The number of aromatic nitrogens is 1. The number of methoxy groups -OCH3 is 1. The molecule has 1 aliphatic carbocycles. The van der Waals surface area contributed by atoms with Crippen LogP contribution in [0.4, 0.5) is 0 Å². The zero-order valence-electron chi connectivity index (χ0n) is 16.9. The van der Waals surface area contributed by atoms with Gasteiger partial charge in [0.2, 0.25) is 0 Å². The first kappa shape index (κ1) is 20.8. The van der Waals surface area contributed by atoms with Crippen molar-refractivity contribution in [3.8, 4) is 22.8 Å². The number of carboxylic acids is 1. The Morgan fingerprint density at radius 3 is 2.70 bits per heavy atom. The van der Waals surface area contributed by atoms with Gasteiger partial charge in [0.05, 0.1) is 17.3 Å². The summed E-state index contributed by atoms with van der Waals surface area (Å²) in [5.74, 6) is -0.139. The smallest absolute Gasteiger partial charge is 0.341 e. The second-order valence-corrected chi connectivity index (χ2v) is 7.97. The van der Waals surface area contributed by atoms with Gasteiger partial charge in [-0.05, 0) is 31.4 Å². The number of benzene rings is 1. The predicted molar refractivity (Wildman–Crippen MR) is 112 cm³/mol. The number of nitrogens with zero attached hydrogens (tertiary/aromatic N) is 1. The number of hydrogen-bond acceptors (Lipinski definition) is 5. The van der Waals surface area contributed by atoms with Gasteiger partial charge in [-0.1, -0.05) is 18.5 Å². The molecule has 1 atom stereocenters. The lowest BCUT2D eigenvalue weighted by Crippen LogP contribution is -2.31. The van der Waals surface area contributed by atoms with Crippen molar-refractivity contribution in [2.75, 3.05) is 20.3 Å². The van der Waals surface area contributed by atoms with Crippen LogP contribution < -0.4 is 15.0 Å². The van der Waals surface area contributed by atoms with Gasteiger partial charge in [0.15, 0.2) is 0 Å². The van der Waals surface area contributed by atoms with Crippen LogP contribution in [0.15, 0.2) is 23.0 Å². The van der Waals surface area contributed by atoms with Crippen LogP contribution in [-0.2, 0) is 4.74 Å². The van der Waals surface area contributed by atoms with Gasteiger partial charge >= 0.3 is 5.97 Å². The zero-order chi connectivity index (χ0) is 21.4. The molecule has 2 aliphatic rings. The van der Waals surface area contributed by atoms with Crippen LogP contribution in [0, 0.1) is 0 Å². The Hall–Kier alpha value is -2.51. The fraction of sp³-hybridized carbons (Fsp3) is 0.455.